The molecule has 1 amide bonds. The van der Waals surface area contributed by atoms with Gasteiger partial charge >= 0.3 is 5.97 Å². The summed E-state index contributed by atoms with van der Waals surface area (Å²) in [5.41, 5.74) is 2.78. The second-order valence-corrected chi connectivity index (χ2v) is 11.1. The molecule has 3 N–H and O–H groups in total. The van der Waals surface area contributed by atoms with E-state index < -0.39 is 27.9 Å². The van der Waals surface area contributed by atoms with Gasteiger partial charge in [-0.05, 0) is 70.1 Å². The molecular weight excluding hydrogens is 581 g/mol. The van der Waals surface area contributed by atoms with Crippen LogP contribution in [0.5, 0.6) is 0 Å². The Morgan fingerprint density at radius 2 is 1.69 bits per heavy atom. The number of rotatable bonds is 9. The van der Waals surface area contributed by atoms with Crippen LogP contribution in [0.3, 0.4) is 0 Å². The summed E-state index contributed by atoms with van der Waals surface area (Å²) in [4.78, 5) is 24.3. The molecule has 0 saturated carbocycles. The Labute approximate surface area is 217 Å². The first kappa shape index (κ1) is 25.0. The van der Waals surface area contributed by atoms with E-state index in [0.717, 1.165) is 14.7 Å². The van der Waals surface area contributed by atoms with Crippen molar-refractivity contribution < 1.29 is 23.1 Å². The number of para-hydroxylation sites is 2. The third kappa shape index (κ3) is 5.59. The summed E-state index contributed by atoms with van der Waals surface area (Å²) in [6, 6.07) is 20.0. The number of carboxylic acids is 1. The summed E-state index contributed by atoms with van der Waals surface area (Å²) in [5, 5.41) is 14.8. The highest BCUT2D eigenvalue weighted by atomic mass is 127. The van der Waals surface area contributed by atoms with Crippen LogP contribution in [0.15, 0.2) is 77.7 Å². The van der Waals surface area contributed by atoms with Crippen LogP contribution in [0.25, 0.3) is 0 Å². The Morgan fingerprint density at radius 3 is 2.43 bits per heavy atom. The molecule has 1 aliphatic rings. The normalized spacial score (nSPS) is 14.9. The van der Waals surface area contributed by atoms with Gasteiger partial charge in [0.05, 0.1) is 17.0 Å². The molecule has 182 valence electrons. The number of hydrogen-bond donors (Lipinski definition) is 3. The molecule has 1 aliphatic heterocycles. The monoisotopic (exact) mass is 605 g/mol. The molecule has 8 nitrogen and oxygen atoms in total. The zero-order chi connectivity index (χ0) is 25.0. The molecule has 35 heavy (non-hydrogen) atoms. The summed E-state index contributed by atoms with van der Waals surface area (Å²) in [6.07, 6.45) is 0.233. The van der Waals surface area contributed by atoms with Crippen molar-refractivity contribution in [3.63, 3.8) is 0 Å². The van der Waals surface area contributed by atoms with Gasteiger partial charge in [0, 0.05) is 28.8 Å². The maximum absolute atomic E-state index is 13.6. The average Bonchev–Trinajstić information content (AvgIpc) is 3.24. The van der Waals surface area contributed by atoms with Crippen LogP contribution in [-0.2, 0) is 32.6 Å². The number of nitrogens with zero attached hydrogens (tertiary/aromatic N) is 1. The number of benzene rings is 3. The number of aliphatic carboxylic acids is 1. The first-order valence-electron chi connectivity index (χ1n) is 11.0. The summed E-state index contributed by atoms with van der Waals surface area (Å²) >= 11 is 2.11. The smallest absolute Gasteiger partial charge is 0.305 e. The largest absolute Gasteiger partial charge is 0.481 e. The Hall–Kier alpha value is -3.12. The number of hydrogen-bond acceptors (Lipinski definition) is 5. The summed E-state index contributed by atoms with van der Waals surface area (Å²) < 4.78 is 29.4. The van der Waals surface area contributed by atoms with E-state index in [1.54, 1.807) is 36.4 Å². The van der Waals surface area contributed by atoms with Gasteiger partial charge in [-0.15, -0.1) is 0 Å². The lowest BCUT2D eigenvalue weighted by atomic mass is 10.1. The number of fused-ring (bicyclic) bond motifs is 1. The van der Waals surface area contributed by atoms with Gasteiger partial charge in [-0.2, -0.15) is 0 Å². The van der Waals surface area contributed by atoms with Gasteiger partial charge in [0.15, 0.2) is 0 Å². The third-order valence-corrected chi connectivity index (χ3v) is 8.28. The van der Waals surface area contributed by atoms with Crippen molar-refractivity contribution in [1.29, 1.82) is 0 Å². The van der Waals surface area contributed by atoms with Crippen LogP contribution in [0.4, 0.5) is 11.4 Å². The molecule has 0 aliphatic carbocycles. The highest BCUT2D eigenvalue weighted by molar-refractivity contribution is 14.1. The van der Waals surface area contributed by atoms with E-state index in [2.05, 4.69) is 33.2 Å². The molecule has 1 heterocycles. The van der Waals surface area contributed by atoms with Gasteiger partial charge in [0.2, 0.25) is 5.91 Å². The van der Waals surface area contributed by atoms with Gasteiger partial charge in [0.25, 0.3) is 10.0 Å². The van der Waals surface area contributed by atoms with Crippen molar-refractivity contribution in [2.24, 2.45) is 0 Å². The third-order valence-electron chi connectivity index (χ3n) is 5.72. The molecule has 1 atom stereocenters. The summed E-state index contributed by atoms with van der Waals surface area (Å²) in [5.74, 6) is -1.31. The lowest BCUT2D eigenvalue weighted by Gasteiger charge is -2.26. The van der Waals surface area contributed by atoms with Gasteiger partial charge in [0.1, 0.15) is 6.04 Å². The number of amides is 1. The first-order valence-corrected chi connectivity index (χ1v) is 13.5. The lowest BCUT2D eigenvalue weighted by Crippen LogP contribution is -2.47. The number of halogens is 1. The molecule has 0 bridgehead atoms. The van der Waals surface area contributed by atoms with E-state index in [-0.39, 0.29) is 30.8 Å². The second kappa shape index (κ2) is 10.6. The van der Waals surface area contributed by atoms with Gasteiger partial charge in [-0.3, -0.25) is 13.9 Å². The second-order valence-electron chi connectivity index (χ2n) is 8.05. The predicted octanol–water partition coefficient (Wildman–Crippen LogP) is 3.61. The van der Waals surface area contributed by atoms with Crippen molar-refractivity contribution in [2.45, 2.75) is 30.3 Å². The van der Waals surface area contributed by atoms with Crippen LogP contribution in [0.2, 0.25) is 0 Å². The highest BCUT2D eigenvalue weighted by Crippen LogP contribution is 2.37. The Balaban J connectivity index is 1.56. The van der Waals surface area contributed by atoms with Crippen LogP contribution < -0.4 is 14.9 Å². The van der Waals surface area contributed by atoms with Crippen LogP contribution in [-0.4, -0.2) is 38.0 Å². The summed E-state index contributed by atoms with van der Waals surface area (Å²) in [7, 11) is -3.97. The van der Waals surface area contributed by atoms with Crippen molar-refractivity contribution in [1.82, 2.24) is 5.32 Å². The quantitative estimate of drug-likeness (QED) is 0.321. The van der Waals surface area contributed by atoms with E-state index in [9.17, 15) is 18.0 Å². The summed E-state index contributed by atoms with van der Waals surface area (Å²) in [6.45, 7) is 0.416. The molecule has 0 saturated heterocycles. The van der Waals surface area contributed by atoms with Gasteiger partial charge < -0.3 is 15.7 Å². The SMILES string of the molecule is O=C(O)CCNc1ccccc1CNC(=O)[C@@H]1Cc2ccccc2N1S(=O)(=O)c1ccc(I)cc1. The molecule has 0 unspecified atom stereocenters. The topological polar surface area (TPSA) is 116 Å². The predicted molar refractivity (Wildman–Crippen MR) is 142 cm³/mol. The minimum absolute atomic E-state index is 0.0353. The Bertz CT molecular complexity index is 1350. The van der Waals surface area contributed by atoms with Crippen LogP contribution in [0, 0.1) is 3.57 Å². The van der Waals surface area contributed by atoms with Crippen LogP contribution in [0.1, 0.15) is 17.5 Å². The molecule has 0 fully saturated rings. The lowest BCUT2D eigenvalue weighted by molar-refractivity contribution is -0.136. The first-order chi connectivity index (χ1) is 16.8. The molecule has 3 aromatic carbocycles. The van der Waals surface area contributed by atoms with Crippen molar-refractivity contribution >= 4 is 55.9 Å². The number of sulfonamides is 1. The standard InChI is InChI=1S/C25H24IN3O5S/c26-19-9-11-20(12-10-19)35(33,34)29-22-8-4-2-5-17(22)15-23(29)25(32)28-16-18-6-1-3-7-21(18)27-14-13-24(30)31/h1-12,23,27H,13-16H2,(H,28,32)(H,30,31)/t23-/m0/s1. The van der Waals surface area contributed by atoms with E-state index in [0.29, 0.717) is 11.4 Å². The van der Waals surface area contributed by atoms with Crippen molar-refractivity contribution in [2.75, 3.05) is 16.2 Å². The number of carbonyl (C=O) groups excluding carboxylic acids is 1. The minimum Gasteiger partial charge on any atom is -0.481 e. The maximum atomic E-state index is 13.6. The molecule has 10 heteroatoms. The van der Waals surface area contributed by atoms with E-state index in [1.165, 1.54) is 4.31 Å². The van der Waals surface area contributed by atoms with Gasteiger partial charge in [-0.1, -0.05) is 36.4 Å². The zero-order valence-electron chi connectivity index (χ0n) is 18.6. The highest BCUT2D eigenvalue weighted by Gasteiger charge is 2.42. The fourth-order valence-electron chi connectivity index (χ4n) is 4.03. The number of carboxylic acid groups (broad SMARTS) is 1. The number of carbonyl (C=O) groups is 2. The van der Waals surface area contributed by atoms with Gasteiger partial charge in [-0.25, -0.2) is 8.42 Å². The minimum atomic E-state index is -3.97. The van der Waals surface area contributed by atoms with Crippen molar-refractivity contribution in [3.8, 4) is 0 Å². The Morgan fingerprint density at radius 1 is 1.00 bits per heavy atom. The fraction of sp³-hybridized carbons (Fsp3) is 0.200. The number of nitrogens with one attached hydrogen (secondary N) is 2. The Kier molecular flexibility index (Phi) is 7.60. The fourth-order valence-corrected chi connectivity index (χ4v) is 6.03. The van der Waals surface area contributed by atoms with Crippen LogP contribution >= 0.6 is 22.6 Å². The van der Waals surface area contributed by atoms with Crippen molar-refractivity contribution in [3.05, 3.63) is 87.5 Å². The molecular formula is C25H24IN3O5S. The van der Waals surface area contributed by atoms with E-state index in [4.69, 9.17) is 5.11 Å². The zero-order valence-corrected chi connectivity index (χ0v) is 21.6. The number of anilines is 2. The molecule has 0 radical (unpaired) electrons. The molecule has 0 spiro atoms. The molecule has 4 rings (SSSR count). The van der Waals surface area contributed by atoms with E-state index >= 15 is 0 Å². The molecule has 3 aromatic rings. The average molecular weight is 605 g/mol. The molecule has 0 aromatic heterocycles. The van der Waals surface area contributed by atoms with E-state index in [1.807, 2.05) is 36.4 Å². The maximum Gasteiger partial charge on any atom is 0.305 e.